The highest BCUT2D eigenvalue weighted by Gasteiger charge is 2.70. The molecular formula is C35H29Cl2F3N4O6. The Balaban J connectivity index is 1.45. The molecule has 2 aliphatic heterocycles. The molecule has 2 N–H and O–H groups in total. The number of hydrazine groups is 1. The van der Waals surface area contributed by atoms with E-state index >= 15 is 4.79 Å². The predicted molar refractivity (Wildman–Crippen MR) is 174 cm³/mol. The molecule has 0 unspecified atom stereocenters. The molecule has 4 amide bonds. The third kappa shape index (κ3) is 5.08. The van der Waals surface area contributed by atoms with Crippen LogP contribution in [0.4, 0.5) is 19.0 Å². The minimum Gasteiger partial charge on any atom is -0.491 e. The van der Waals surface area contributed by atoms with Crippen molar-refractivity contribution in [2.24, 2.45) is 23.7 Å². The van der Waals surface area contributed by atoms with Crippen LogP contribution in [0.15, 0.2) is 72.4 Å². The van der Waals surface area contributed by atoms with Crippen molar-refractivity contribution in [1.29, 1.82) is 0 Å². The van der Waals surface area contributed by atoms with Gasteiger partial charge in [0.2, 0.25) is 11.8 Å². The summed E-state index contributed by atoms with van der Waals surface area (Å²) in [6.45, 7) is -0.386. The van der Waals surface area contributed by atoms with Crippen LogP contribution in [0.25, 0.3) is 0 Å². The quantitative estimate of drug-likeness (QED) is 0.245. The largest absolute Gasteiger partial charge is 0.491 e. The second kappa shape index (κ2) is 12.4. The van der Waals surface area contributed by atoms with Gasteiger partial charge in [0.25, 0.3) is 11.8 Å². The molecule has 15 heteroatoms. The highest BCUT2D eigenvalue weighted by atomic mass is 35.5. The molecule has 3 heterocycles. The number of hydrogen-bond acceptors (Lipinski definition) is 8. The molecular weight excluding hydrogens is 700 g/mol. The predicted octanol–water partition coefficient (Wildman–Crippen LogP) is 5.39. The zero-order valence-electron chi connectivity index (χ0n) is 26.3. The normalized spacial score (nSPS) is 27.6. The fourth-order valence-corrected chi connectivity index (χ4v) is 8.63. The van der Waals surface area contributed by atoms with Gasteiger partial charge in [-0.25, -0.2) is 4.98 Å². The lowest BCUT2D eigenvalue weighted by Crippen LogP contribution is -2.53. The molecule has 1 aromatic heterocycles. The average molecular weight is 730 g/mol. The second-order valence-electron chi connectivity index (χ2n) is 12.8. The Bertz CT molecular complexity index is 1960. The third-order valence-electron chi connectivity index (χ3n) is 10.4. The number of alkyl halides is 3. The van der Waals surface area contributed by atoms with Gasteiger partial charge in [-0.3, -0.25) is 29.5 Å². The Labute approximate surface area is 293 Å². The van der Waals surface area contributed by atoms with Gasteiger partial charge < -0.3 is 9.84 Å². The van der Waals surface area contributed by atoms with Crippen LogP contribution in [0.1, 0.15) is 35.4 Å². The maximum absolute atomic E-state index is 15.2. The molecule has 1 saturated carbocycles. The van der Waals surface area contributed by atoms with Crippen molar-refractivity contribution in [3.8, 4) is 5.75 Å². The average Bonchev–Trinajstić information content (AvgIpc) is 3.44. The molecule has 3 fully saturated rings. The van der Waals surface area contributed by atoms with E-state index < -0.39 is 63.6 Å². The number of anilines is 1. The second-order valence-corrected chi connectivity index (χ2v) is 13.6. The minimum absolute atomic E-state index is 0.00439. The van der Waals surface area contributed by atoms with E-state index in [1.165, 1.54) is 7.05 Å². The molecule has 10 nitrogen and oxygen atoms in total. The number of carbonyl (C=O) groups is 4. The van der Waals surface area contributed by atoms with Gasteiger partial charge in [-0.05, 0) is 48.6 Å². The minimum atomic E-state index is -4.74. The summed E-state index contributed by atoms with van der Waals surface area (Å²) in [5, 5.41) is 10.2. The van der Waals surface area contributed by atoms with Crippen molar-refractivity contribution in [3.63, 3.8) is 0 Å². The van der Waals surface area contributed by atoms with Crippen LogP contribution in [0.2, 0.25) is 10.0 Å². The zero-order chi connectivity index (χ0) is 35.7. The van der Waals surface area contributed by atoms with Crippen LogP contribution < -0.4 is 10.2 Å². The monoisotopic (exact) mass is 728 g/mol. The van der Waals surface area contributed by atoms with Crippen molar-refractivity contribution in [1.82, 2.24) is 14.9 Å². The van der Waals surface area contributed by atoms with Crippen molar-refractivity contribution in [2.45, 2.75) is 30.4 Å². The van der Waals surface area contributed by atoms with Crippen molar-refractivity contribution in [3.05, 3.63) is 99.2 Å². The van der Waals surface area contributed by atoms with Crippen molar-refractivity contribution < 1.29 is 42.2 Å². The first-order valence-corrected chi connectivity index (χ1v) is 16.5. The highest BCUT2D eigenvalue weighted by Crippen LogP contribution is 2.65. The Morgan fingerprint density at radius 3 is 2.42 bits per heavy atom. The van der Waals surface area contributed by atoms with Gasteiger partial charge in [-0.15, -0.1) is 0 Å². The summed E-state index contributed by atoms with van der Waals surface area (Å²) >= 11 is 12.5. The smallest absolute Gasteiger partial charge is 0.417 e. The van der Waals surface area contributed by atoms with E-state index in [0.29, 0.717) is 39.7 Å². The molecule has 0 radical (unpaired) electrons. The Hall–Kier alpha value is -4.46. The Kier molecular flexibility index (Phi) is 8.43. The van der Waals surface area contributed by atoms with Gasteiger partial charge in [-0.1, -0.05) is 65.2 Å². The van der Waals surface area contributed by atoms with E-state index in [-0.39, 0.29) is 43.7 Å². The van der Waals surface area contributed by atoms with E-state index in [4.69, 9.17) is 27.9 Å². The van der Waals surface area contributed by atoms with Crippen LogP contribution in [0, 0.1) is 23.7 Å². The summed E-state index contributed by atoms with van der Waals surface area (Å²) in [5.41, 5.74) is 1.35. The number of carbonyl (C=O) groups excluding carboxylic acids is 4. The number of para-hydroxylation sites is 1. The van der Waals surface area contributed by atoms with Crippen LogP contribution in [0.3, 0.4) is 0 Å². The van der Waals surface area contributed by atoms with Gasteiger partial charge in [0, 0.05) is 29.7 Å². The number of halogens is 5. The third-order valence-corrected chi connectivity index (χ3v) is 10.9. The van der Waals surface area contributed by atoms with Gasteiger partial charge >= 0.3 is 6.18 Å². The number of likely N-dealkylation sites (tertiary alicyclic amines) is 1. The number of nitrogens with one attached hydrogen (secondary N) is 1. The standard InChI is InChI=1S/C35H29Cl2F3N4O6/c1-43-30(46)22-11-10-20-23(27(22)32(43)48)15-24-31(47)44(42-29-25(37)14-18(16-41-29)35(38,39)40)33(49)34(24,17-6-8-19(36)9-7-17)28(20)21-4-2-3-5-26(21)50-13-12-45/h2-10,14,16,22-24,27-28,45H,11-13,15H2,1H3,(H,41,42)/t22-,23+,24-,27-,28+,34+/m0/s1. The highest BCUT2D eigenvalue weighted by molar-refractivity contribution is 6.33. The molecule has 0 spiro atoms. The summed E-state index contributed by atoms with van der Waals surface area (Å²) in [7, 11) is 1.43. The molecule has 7 rings (SSSR count). The molecule has 2 aromatic carbocycles. The van der Waals surface area contributed by atoms with Crippen LogP contribution in [0.5, 0.6) is 5.75 Å². The summed E-state index contributed by atoms with van der Waals surface area (Å²) in [4.78, 5) is 61.6. The van der Waals surface area contributed by atoms with Gasteiger partial charge in [0.1, 0.15) is 12.4 Å². The number of aliphatic hydroxyl groups excluding tert-OH is 1. The Morgan fingerprint density at radius 1 is 1.02 bits per heavy atom. The number of imide groups is 2. The number of aliphatic hydroxyl groups is 1. The van der Waals surface area contributed by atoms with Crippen LogP contribution in [-0.2, 0) is 30.8 Å². The lowest BCUT2D eigenvalue weighted by molar-refractivity contribution is -0.140. The number of fused-ring (bicyclic) bond motifs is 4. The van der Waals surface area contributed by atoms with E-state index in [9.17, 15) is 32.7 Å². The van der Waals surface area contributed by atoms with Crippen molar-refractivity contribution in [2.75, 3.05) is 25.7 Å². The lowest BCUT2D eigenvalue weighted by Gasteiger charge is -2.50. The lowest BCUT2D eigenvalue weighted by atomic mass is 9.49. The molecule has 0 bridgehead atoms. The molecule has 3 aromatic rings. The first kappa shape index (κ1) is 34.0. The van der Waals surface area contributed by atoms with E-state index in [1.54, 1.807) is 48.5 Å². The summed E-state index contributed by atoms with van der Waals surface area (Å²) < 4.78 is 46.2. The van der Waals surface area contributed by atoms with Crippen LogP contribution in [-0.4, -0.2) is 63.9 Å². The fourth-order valence-electron chi connectivity index (χ4n) is 8.29. The fraction of sp³-hybridized carbons (Fsp3) is 0.343. The molecule has 6 atom stereocenters. The first-order chi connectivity index (χ1) is 23.8. The number of hydrogen-bond donors (Lipinski definition) is 2. The van der Waals surface area contributed by atoms with E-state index in [2.05, 4.69) is 10.4 Å². The number of allylic oxidation sites excluding steroid dienone is 2. The summed E-state index contributed by atoms with van der Waals surface area (Å²) in [6, 6.07) is 14.0. The number of amides is 4. The van der Waals surface area contributed by atoms with E-state index in [1.807, 2.05) is 6.08 Å². The number of ether oxygens (including phenoxy) is 1. The maximum atomic E-state index is 15.2. The molecule has 4 aliphatic rings. The maximum Gasteiger partial charge on any atom is 0.417 e. The van der Waals surface area contributed by atoms with Gasteiger partial charge in [0.15, 0.2) is 5.82 Å². The zero-order valence-corrected chi connectivity index (χ0v) is 27.8. The molecule has 2 aliphatic carbocycles. The van der Waals surface area contributed by atoms with Crippen LogP contribution >= 0.6 is 23.2 Å². The molecule has 50 heavy (non-hydrogen) atoms. The van der Waals surface area contributed by atoms with Crippen molar-refractivity contribution >= 4 is 52.6 Å². The van der Waals surface area contributed by atoms with Gasteiger partial charge in [0.05, 0.1) is 40.4 Å². The number of benzene rings is 2. The van der Waals surface area contributed by atoms with E-state index in [0.717, 1.165) is 9.91 Å². The number of aromatic nitrogens is 1. The first-order valence-electron chi connectivity index (χ1n) is 15.8. The summed E-state index contributed by atoms with van der Waals surface area (Å²) in [5.74, 6) is -6.40. The number of rotatable bonds is 7. The molecule has 260 valence electrons. The summed E-state index contributed by atoms with van der Waals surface area (Å²) in [6.07, 6.45) is -2.11. The molecule has 2 saturated heterocycles. The number of nitrogens with zero attached hydrogens (tertiary/aromatic N) is 3. The Morgan fingerprint density at radius 2 is 1.74 bits per heavy atom. The topological polar surface area (TPSA) is 129 Å². The van der Waals surface area contributed by atoms with Gasteiger partial charge in [-0.2, -0.15) is 18.2 Å². The SMILES string of the molecule is CN1C(=O)[C@H]2[C@H](CC=C3[C@H]2C[C@H]2C(=O)N(Nc4ncc(C(F)(F)F)cc4Cl)C(=O)[C@@]2(c2ccc(Cl)cc2)[C@H]3c2ccccc2OCCO)C1=O. The number of pyridine rings is 1.